The molecule has 1 unspecified atom stereocenters. The van der Waals surface area contributed by atoms with Gasteiger partial charge in [-0.25, -0.2) is 0 Å². The molecule has 0 aliphatic heterocycles. The van der Waals surface area contributed by atoms with E-state index in [0.717, 1.165) is 10.3 Å². The second-order valence-corrected chi connectivity index (χ2v) is 3.61. The first kappa shape index (κ1) is 7.77. The lowest BCUT2D eigenvalue weighted by molar-refractivity contribution is 0.231. The first-order chi connectivity index (χ1) is 5.79. The van der Waals surface area contributed by atoms with Gasteiger partial charge in [0.05, 0.1) is 6.10 Å². The number of aliphatic hydroxyl groups is 1. The minimum Gasteiger partial charge on any atom is -0.388 e. The van der Waals surface area contributed by atoms with E-state index in [-0.39, 0.29) is 0 Å². The molecule has 0 aliphatic rings. The number of hydrogen-bond acceptors (Lipinski definition) is 2. The Morgan fingerprint density at radius 2 is 2.08 bits per heavy atom. The van der Waals surface area contributed by atoms with Crippen molar-refractivity contribution in [2.75, 3.05) is 0 Å². The minimum absolute atomic E-state index is 0.602. The molecule has 0 aliphatic carbocycles. The van der Waals surface area contributed by atoms with Crippen LogP contribution in [0.2, 0.25) is 0 Å². The fourth-order valence-electron chi connectivity index (χ4n) is 1.27. The zero-order valence-electron chi connectivity index (χ0n) is 6.53. The zero-order valence-corrected chi connectivity index (χ0v) is 7.34. The third kappa shape index (κ3) is 1.13. The summed E-state index contributed by atoms with van der Waals surface area (Å²) in [5.74, 6) is 0. The minimum atomic E-state index is -0.602. The number of benzene rings is 1. The van der Waals surface area contributed by atoms with Crippen LogP contribution < -0.4 is 0 Å². The Morgan fingerprint density at radius 1 is 1.33 bits per heavy atom. The molecule has 1 radical (unpaired) electrons. The van der Waals surface area contributed by atoms with Gasteiger partial charge in [0.2, 0.25) is 0 Å². The van der Waals surface area contributed by atoms with Crippen molar-refractivity contribution >= 4 is 22.1 Å². The number of rotatable bonds is 1. The highest BCUT2D eigenvalue weighted by molar-refractivity contribution is 7.11. The molecule has 1 atom stereocenters. The maximum atomic E-state index is 9.31. The lowest BCUT2D eigenvalue weighted by Gasteiger charge is -1.99. The third-order valence-electron chi connectivity index (χ3n) is 1.84. The van der Waals surface area contributed by atoms with Gasteiger partial charge in [-0.3, -0.25) is 0 Å². The third-order valence-corrected chi connectivity index (χ3v) is 2.96. The smallest absolute Gasteiger partial charge is 0.0889 e. The van der Waals surface area contributed by atoms with Crippen LogP contribution in [0.15, 0.2) is 29.6 Å². The van der Waals surface area contributed by atoms with E-state index in [1.165, 1.54) is 5.39 Å². The molecule has 1 aromatic heterocycles. The fourth-order valence-corrected chi connectivity index (χ4v) is 2.20. The van der Waals surface area contributed by atoms with Crippen molar-refractivity contribution in [2.45, 2.75) is 6.10 Å². The van der Waals surface area contributed by atoms with Crippen LogP contribution in [0, 0.1) is 6.92 Å². The molecule has 1 heterocycles. The fraction of sp³-hybridized carbons (Fsp3) is 0.100. The predicted molar refractivity (Wildman–Crippen MR) is 52.1 cm³/mol. The molecule has 1 aromatic carbocycles. The monoisotopic (exact) mass is 177 g/mol. The molecule has 12 heavy (non-hydrogen) atoms. The molecule has 0 amide bonds. The second-order valence-electron chi connectivity index (χ2n) is 2.70. The lowest BCUT2D eigenvalue weighted by Crippen LogP contribution is -1.86. The Bertz CT molecular complexity index is 389. The van der Waals surface area contributed by atoms with Crippen molar-refractivity contribution in [3.63, 3.8) is 0 Å². The molecule has 2 aromatic rings. The quantitative estimate of drug-likeness (QED) is 0.710. The van der Waals surface area contributed by atoms with Crippen molar-refractivity contribution in [1.29, 1.82) is 0 Å². The van der Waals surface area contributed by atoms with Gasteiger partial charge in [-0.15, -0.1) is 11.3 Å². The van der Waals surface area contributed by atoms with Crippen LogP contribution in [0.4, 0.5) is 0 Å². The maximum Gasteiger partial charge on any atom is 0.0889 e. The molecule has 0 saturated carbocycles. The first-order valence-electron chi connectivity index (χ1n) is 3.76. The van der Waals surface area contributed by atoms with Gasteiger partial charge < -0.3 is 5.11 Å². The summed E-state index contributed by atoms with van der Waals surface area (Å²) in [6, 6.07) is 8.02. The molecule has 2 rings (SSSR count). The maximum absolute atomic E-state index is 9.31. The molecular weight excluding hydrogens is 168 g/mol. The van der Waals surface area contributed by atoms with E-state index < -0.39 is 6.10 Å². The SMILES string of the molecule is [CH2]C(O)c1scc2ccccc12. The molecule has 61 valence electrons. The molecule has 0 bridgehead atoms. The van der Waals surface area contributed by atoms with Gasteiger partial charge >= 0.3 is 0 Å². The highest BCUT2D eigenvalue weighted by Gasteiger charge is 2.07. The topological polar surface area (TPSA) is 20.2 Å². The highest BCUT2D eigenvalue weighted by atomic mass is 32.1. The van der Waals surface area contributed by atoms with Crippen molar-refractivity contribution < 1.29 is 5.11 Å². The summed E-state index contributed by atoms with van der Waals surface area (Å²) in [7, 11) is 0. The van der Waals surface area contributed by atoms with E-state index in [2.05, 4.69) is 6.92 Å². The van der Waals surface area contributed by atoms with E-state index >= 15 is 0 Å². The van der Waals surface area contributed by atoms with Crippen LogP contribution in [-0.2, 0) is 0 Å². The Balaban J connectivity index is 2.70. The van der Waals surface area contributed by atoms with Crippen LogP contribution in [0.3, 0.4) is 0 Å². The molecule has 1 nitrogen and oxygen atoms in total. The second kappa shape index (κ2) is 2.88. The van der Waals surface area contributed by atoms with E-state index in [4.69, 9.17) is 0 Å². The van der Waals surface area contributed by atoms with Gasteiger partial charge in [-0.05, 0) is 23.1 Å². The van der Waals surface area contributed by atoms with Crippen LogP contribution in [0.1, 0.15) is 11.0 Å². The van der Waals surface area contributed by atoms with Gasteiger partial charge in [-0.2, -0.15) is 0 Å². The van der Waals surface area contributed by atoms with E-state index in [1.54, 1.807) is 11.3 Å². The van der Waals surface area contributed by atoms with Crippen molar-refractivity contribution in [3.05, 3.63) is 41.4 Å². The summed E-state index contributed by atoms with van der Waals surface area (Å²) in [6.07, 6.45) is -0.602. The van der Waals surface area contributed by atoms with E-state index in [1.807, 2.05) is 29.6 Å². The van der Waals surface area contributed by atoms with E-state index in [9.17, 15) is 5.11 Å². The summed E-state index contributed by atoms with van der Waals surface area (Å²) in [6.45, 7) is 3.60. The average Bonchev–Trinajstić information content (AvgIpc) is 2.47. The van der Waals surface area contributed by atoms with E-state index in [0.29, 0.717) is 0 Å². The summed E-state index contributed by atoms with van der Waals surface area (Å²) in [5, 5.41) is 13.6. The average molecular weight is 177 g/mol. The van der Waals surface area contributed by atoms with Gasteiger partial charge in [-0.1, -0.05) is 24.3 Å². The Hall–Kier alpha value is -0.860. The molecule has 0 spiro atoms. The van der Waals surface area contributed by atoms with Gasteiger partial charge in [0, 0.05) is 4.88 Å². The molecule has 0 fully saturated rings. The molecular formula is C10H9OS. The first-order valence-corrected chi connectivity index (χ1v) is 4.64. The largest absolute Gasteiger partial charge is 0.388 e. The van der Waals surface area contributed by atoms with Gasteiger partial charge in [0.25, 0.3) is 0 Å². The number of thiophene rings is 1. The van der Waals surface area contributed by atoms with Gasteiger partial charge in [0.15, 0.2) is 0 Å². The summed E-state index contributed by atoms with van der Waals surface area (Å²) in [5.41, 5.74) is 0. The summed E-state index contributed by atoms with van der Waals surface area (Å²) < 4.78 is 0. The Labute approximate surface area is 75.3 Å². The number of fused-ring (bicyclic) bond motifs is 1. The zero-order chi connectivity index (χ0) is 8.55. The predicted octanol–water partition coefficient (Wildman–Crippen LogP) is 2.77. The van der Waals surface area contributed by atoms with Crippen molar-refractivity contribution in [1.82, 2.24) is 0 Å². The Kier molecular flexibility index (Phi) is 1.87. The van der Waals surface area contributed by atoms with Gasteiger partial charge in [0.1, 0.15) is 0 Å². The van der Waals surface area contributed by atoms with Crippen molar-refractivity contribution in [2.24, 2.45) is 0 Å². The summed E-state index contributed by atoms with van der Waals surface area (Å²) in [4.78, 5) is 0.950. The summed E-state index contributed by atoms with van der Waals surface area (Å²) >= 11 is 1.56. The molecule has 1 N–H and O–H groups in total. The highest BCUT2D eigenvalue weighted by Crippen LogP contribution is 2.29. The molecule has 2 heteroatoms. The number of hydrogen-bond donors (Lipinski definition) is 1. The lowest BCUT2D eigenvalue weighted by atomic mass is 10.1. The van der Waals surface area contributed by atoms with Crippen LogP contribution in [0.25, 0.3) is 10.8 Å². The van der Waals surface area contributed by atoms with Crippen molar-refractivity contribution in [3.8, 4) is 0 Å². The number of aliphatic hydroxyl groups excluding tert-OH is 1. The van der Waals surface area contributed by atoms with Crippen LogP contribution in [-0.4, -0.2) is 5.11 Å². The molecule has 0 saturated heterocycles. The van der Waals surface area contributed by atoms with Crippen LogP contribution in [0.5, 0.6) is 0 Å². The standard InChI is InChI=1S/C10H9OS/c1-7(11)10-9-5-3-2-4-8(9)6-12-10/h2-7,11H,1H2. The van der Waals surface area contributed by atoms with Crippen LogP contribution >= 0.6 is 11.3 Å². The Morgan fingerprint density at radius 3 is 2.83 bits per heavy atom. The normalized spacial score (nSPS) is 13.5.